The predicted molar refractivity (Wildman–Crippen MR) is 99.0 cm³/mol. The third-order valence-corrected chi connectivity index (χ3v) is 4.38. The molecular weight excluding hydrogens is 354 g/mol. The van der Waals surface area contributed by atoms with Crippen LogP contribution in [0.4, 0.5) is 10.8 Å². The van der Waals surface area contributed by atoms with Crippen molar-refractivity contribution in [2.24, 2.45) is 0 Å². The van der Waals surface area contributed by atoms with Gasteiger partial charge in [0.1, 0.15) is 0 Å². The van der Waals surface area contributed by atoms with E-state index < -0.39 is 4.92 Å². The van der Waals surface area contributed by atoms with Crippen molar-refractivity contribution in [2.75, 3.05) is 5.32 Å². The molecule has 2 heterocycles. The fourth-order valence-corrected chi connectivity index (χ4v) is 3.11. The van der Waals surface area contributed by atoms with E-state index in [1.807, 2.05) is 26.2 Å². The van der Waals surface area contributed by atoms with Gasteiger partial charge in [-0.2, -0.15) is 5.10 Å². The van der Waals surface area contributed by atoms with Crippen LogP contribution in [0.2, 0.25) is 0 Å². The third-order valence-electron chi connectivity index (χ3n) is 3.62. The predicted octanol–water partition coefficient (Wildman–Crippen LogP) is 3.79. The Hall–Kier alpha value is -3.07. The molecule has 0 aliphatic carbocycles. The Labute approximate surface area is 153 Å². The third kappa shape index (κ3) is 3.77. The maximum atomic E-state index is 12.4. The van der Waals surface area contributed by atoms with Crippen molar-refractivity contribution in [2.45, 2.75) is 26.2 Å². The SMILES string of the molecule is CC(C)(C)c1csc(NC(=O)c2ccn(-c3cccc([N+](=O)[O-])c3)n2)n1. The molecule has 26 heavy (non-hydrogen) atoms. The molecule has 1 aromatic carbocycles. The Balaban J connectivity index is 1.77. The summed E-state index contributed by atoms with van der Waals surface area (Å²) >= 11 is 1.36. The molecule has 8 nitrogen and oxygen atoms in total. The summed E-state index contributed by atoms with van der Waals surface area (Å²) in [6.07, 6.45) is 1.58. The van der Waals surface area contributed by atoms with Crippen molar-refractivity contribution in [3.8, 4) is 5.69 Å². The van der Waals surface area contributed by atoms with E-state index in [1.165, 1.54) is 28.2 Å². The van der Waals surface area contributed by atoms with E-state index >= 15 is 0 Å². The average Bonchev–Trinajstić information content (AvgIpc) is 3.24. The van der Waals surface area contributed by atoms with Crippen molar-refractivity contribution in [1.29, 1.82) is 0 Å². The summed E-state index contributed by atoms with van der Waals surface area (Å²) in [6, 6.07) is 7.59. The quantitative estimate of drug-likeness (QED) is 0.555. The van der Waals surface area contributed by atoms with E-state index in [1.54, 1.807) is 24.4 Å². The normalized spacial score (nSPS) is 11.3. The van der Waals surface area contributed by atoms with Crippen LogP contribution >= 0.6 is 11.3 Å². The highest BCUT2D eigenvalue weighted by Gasteiger charge is 2.19. The van der Waals surface area contributed by atoms with E-state index in [0.29, 0.717) is 10.8 Å². The summed E-state index contributed by atoms with van der Waals surface area (Å²) in [4.78, 5) is 27.2. The Kier molecular flexibility index (Phi) is 4.56. The van der Waals surface area contributed by atoms with Gasteiger partial charge in [0.25, 0.3) is 11.6 Å². The highest BCUT2D eigenvalue weighted by Crippen LogP contribution is 2.26. The molecule has 0 unspecified atom stereocenters. The molecule has 0 atom stereocenters. The van der Waals surface area contributed by atoms with Gasteiger partial charge in [-0.25, -0.2) is 9.67 Å². The van der Waals surface area contributed by atoms with Gasteiger partial charge in [-0.15, -0.1) is 11.3 Å². The molecule has 0 aliphatic rings. The Bertz CT molecular complexity index is 971. The van der Waals surface area contributed by atoms with Crippen LogP contribution < -0.4 is 5.32 Å². The molecule has 0 fully saturated rings. The summed E-state index contributed by atoms with van der Waals surface area (Å²) in [5, 5.41) is 20.2. The van der Waals surface area contributed by atoms with E-state index in [4.69, 9.17) is 0 Å². The van der Waals surface area contributed by atoms with Crippen molar-refractivity contribution in [3.63, 3.8) is 0 Å². The number of nitro benzene ring substituents is 1. The molecule has 134 valence electrons. The molecule has 2 aromatic heterocycles. The number of nitro groups is 1. The maximum absolute atomic E-state index is 12.4. The number of rotatable bonds is 4. The number of non-ortho nitro benzene ring substituents is 1. The molecule has 9 heteroatoms. The Morgan fingerprint density at radius 2 is 2.08 bits per heavy atom. The van der Waals surface area contributed by atoms with Crippen molar-refractivity contribution in [1.82, 2.24) is 14.8 Å². The topological polar surface area (TPSA) is 103 Å². The van der Waals surface area contributed by atoms with Crippen LogP contribution in [0.1, 0.15) is 37.0 Å². The Morgan fingerprint density at radius 3 is 2.73 bits per heavy atom. The number of benzene rings is 1. The van der Waals surface area contributed by atoms with Gasteiger partial charge in [-0.05, 0) is 12.1 Å². The lowest BCUT2D eigenvalue weighted by Crippen LogP contribution is -2.15. The van der Waals surface area contributed by atoms with Gasteiger partial charge in [-0.1, -0.05) is 26.8 Å². The van der Waals surface area contributed by atoms with E-state index in [0.717, 1.165) is 5.69 Å². The molecule has 1 N–H and O–H groups in total. The molecule has 1 amide bonds. The van der Waals surface area contributed by atoms with Gasteiger partial charge >= 0.3 is 0 Å². The molecule has 0 aliphatic heterocycles. The van der Waals surface area contributed by atoms with E-state index in [9.17, 15) is 14.9 Å². The average molecular weight is 371 g/mol. The zero-order chi connectivity index (χ0) is 18.9. The number of aromatic nitrogens is 3. The highest BCUT2D eigenvalue weighted by atomic mass is 32.1. The number of carbonyl (C=O) groups is 1. The summed E-state index contributed by atoms with van der Waals surface area (Å²) in [6.45, 7) is 6.15. The van der Waals surface area contributed by atoms with Crippen LogP contribution in [0, 0.1) is 10.1 Å². The maximum Gasteiger partial charge on any atom is 0.277 e. The summed E-state index contributed by atoms with van der Waals surface area (Å²) in [5.74, 6) is -0.385. The van der Waals surface area contributed by atoms with Crippen LogP contribution in [0.5, 0.6) is 0 Å². The summed E-state index contributed by atoms with van der Waals surface area (Å²) in [5.41, 5.74) is 1.47. The summed E-state index contributed by atoms with van der Waals surface area (Å²) < 4.78 is 1.42. The molecule has 0 bridgehead atoms. The molecule has 3 rings (SSSR count). The zero-order valence-electron chi connectivity index (χ0n) is 14.5. The molecule has 3 aromatic rings. The second-order valence-corrected chi connectivity index (χ2v) is 7.52. The van der Waals surface area contributed by atoms with Crippen LogP contribution in [-0.2, 0) is 5.41 Å². The van der Waals surface area contributed by atoms with Gasteiger partial charge in [-0.3, -0.25) is 20.2 Å². The Morgan fingerprint density at radius 1 is 1.31 bits per heavy atom. The number of nitrogens with zero attached hydrogens (tertiary/aromatic N) is 4. The fourth-order valence-electron chi connectivity index (χ4n) is 2.17. The number of nitrogens with one attached hydrogen (secondary N) is 1. The highest BCUT2D eigenvalue weighted by molar-refractivity contribution is 7.14. The number of anilines is 1. The largest absolute Gasteiger partial charge is 0.296 e. The van der Waals surface area contributed by atoms with Gasteiger partial charge in [0.15, 0.2) is 10.8 Å². The van der Waals surface area contributed by atoms with E-state index in [-0.39, 0.29) is 22.7 Å². The van der Waals surface area contributed by atoms with Gasteiger partial charge < -0.3 is 0 Å². The smallest absolute Gasteiger partial charge is 0.277 e. The minimum atomic E-state index is -0.476. The second-order valence-electron chi connectivity index (χ2n) is 6.66. The first-order valence-electron chi connectivity index (χ1n) is 7.82. The van der Waals surface area contributed by atoms with Crippen molar-refractivity contribution >= 4 is 28.1 Å². The fraction of sp³-hybridized carbons (Fsp3) is 0.235. The minimum Gasteiger partial charge on any atom is -0.296 e. The molecule has 0 radical (unpaired) electrons. The van der Waals surface area contributed by atoms with Gasteiger partial charge in [0.2, 0.25) is 0 Å². The van der Waals surface area contributed by atoms with E-state index in [2.05, 4.69) is 15.4 Å². The zero-order valence-corrected chi connectivity index (χ0v) is 15.3. The first kappa shape index (κ1) is 17.7. The lowest BCUT2D eigenvalue weighted by Gasteiger charge is -2.14. The second kappa shape index (κ2) is 6.68. The van der Waals surface area contributed by atoms with Crippen LogP contribution in [0.15, 0.2) is 41.9 Å². The number of hydrogen-bond acceptors (Lipinski definition) is 6. The molecule has 0 saturated heterocycles. The number of carbonyl (C=O) groups excluding carboxylic acids is 1. The van der Waals surface area contributed by atoms with Crippen LogP contribution in [0.25, 0.3) is 5.69 Å². The monoisotopic (exact) mass is 371 g/mol. The molecule has 0 saturated carbocycles. The molecular formula is C17H17N5O3S. The first-order valence-corrected chi connectivity index (χ1v) is 8.70. The lowest BCUT2D eigenvalue weighted by atomic mass is 9.93. The lowest BCUT2D eigenvalue weighted by molar-refractivity contribution is -0.384. The standard InChI is InChI=1S/C17H17N5O3S/c1-17(2,3)14-10-26-16(18-14)19-15(23)13-7-8-21(20-13)11-5-4-6-12(9-11)22(24)25/h4-10H,1-3H3,(H,18,19,23). The number of amides is 1. The van der Waals surface area contributed by atoms with Crippen molar-refractivity contribution < 1.29 is 9.72 Å². The van der Waals surface area contributed by atoms with Crippen LogP contribution in [0.3, 0.4) is 0 Å². The first-order chi connectivity index (χ1) is 12.2. The van der Waals surface area contributed by atoms with Gasteiger partial charge in [0, 0.05) is 29.1 Å². The van der Waals surface area contributed by atoms with Crippen LogP contribution in [-0.4, -0.2) is 25.6 Å². The van der Waals surface area contributed by atoms with Crippen molar-refractivity contribution in [3.05, 3.63) is 63.4 Å². The number of thiazole rings is 1. The molecule has 0 spiro atoms. The van der Waals surface area contributed by atoms with Gasteiger partial charge in [0.05, 0.1) is 16.3 Å². The summed E-state index contributed by atoms with van der Waals surface area (Å²) in [7, 11) is 0. The minimum absolute atomic E-state index is 0.0403. The number of hydrogen-bond donors (Lipinski definition) is 1.